The summed E-state index contributed by atoms with van der Waals surface area (Å²) < 4.78 is 13.8. The van der Waals surface area contributed by atoms with E-state index in [0.717, 1.165) is 0 Å². The van der Waals surface area contributed by atoms with E-state index in [1.54, 1.807) is 47.2 Å². The second-order valence-electron chi connectivity index (χ2n) is 6.87. The molecule has 6 nitrogen and oxygen atoms in total. The third-order valence-electron chi connectivity index (χ3n) is 4.64. The number of benzene rings is 2. The lowest BCUT2D eigenvalue weighted by atomic mass is 10.2. The van der Waals surface area contributed by atoms with Gasteiger partial charge in [-0.3, -0.25) is 9.59 Å². The summed E-state index contributed by atoms with van der Waals surface area (Å²) in [5, 5.41) is 11.6. The summed E-state index contributed by atoms with van der Waals surface area (Å²) in [7, 11) is 1.80. The summed E-state index contributed by atoms with van der Waals surface area (Å²) in [5.41, 5.74) is 1.24. The number of hydrogen-bond donors (Lipinski definition) is 1. The molecule has 0 saturated heterocycles. The molecule has 2 rings (SSSR count). The molecule has 2 aromatic rings. The number of nitrogens with one attached hydrogen (secondary N) is 1. The molecule has 2 amide bonds. The monoisotopic (exact) mass is 410 g/mol. The van der Waals surface area contributed by atoms with E-state index < -0.39 is 0 Å². The van der Waals surface area contributed by atoms with Crippen molar-refractivity contribution in [3.8, 4) is 6.07 Å². The fraction of sp³-hybridized carbons (Fsp3) is 0.348. The standard InChI is InChI=1S/C23H27FN4O2/c1-27(21-12-6-5-11-20(21)24)17-8-16-26-22(29)13-14-23(30)28(18-7-15-25)19-9-3-2-4-10-19/h2-6,9-12H,7-8,13-14,16-18H2,1H3,(H,26,29). The molecule has 0 aromatic heterocycles. The van der Waals surface area contributed by atoms with Gasteiger partial charge in [0.1, 0.15) is 5.82 Å². The number of anilines is 2. The fourth-order valence-electron chi connectivity index (χ4n) is 3.04. The summed E-state index contributed by atoms with van der Waals surface area (Å²) in [6.45, 7) is 1.34. The molecule has 0 bridgehead atoms. The molecular weight excluding hydrogens is 383 g/mol. The van der Waals surface area contributed by atoms with Crippen LogP contribution in [0, 0.1) is 17.1 Å². The van der Waals surface area contributed by atoms with Crippen molar-refractivity contribution in [2.45, 2.75) is 25.7 Å². The van der Waals surface area contributed by atoms with Crippen LogP contribution in [-0.4, -0.2) is 38.5 Å². The third-order valence-corrected chi connectivity index (χ3v) is 4.64. The van der Waals surface area contributed by atoms with Crippen molar-refractivity contribution in [3.05, 3.63) is 60.4 Å². The number of nitriles is 1. The lowest BCUT2D eigenvalue weighted by Gasteiger charge is -2.22. The molecule has 0 atom stereocenters. The predicted molar refractivity (Wildman–Crippen MR) is 116 cm³/mol. The van der Waals surface area contributed by atoms with Gasteiger partial charge in [-0.1, -0.05) is 30.3 Å². The van der Waals surface area contributed by atoms with Crippen LogP contribution in [-0.2, 0) is 9.59 Å². The molecule has 158 valence electrons. The maximum absolute atomic E-state index is 13.8. The topological polar surface area (TPSA) is 76.4 Å². The van der Waals surface area contributed by atoms with Crippen LogP contribution in [0.3, 0.4) is 0 Å². The highest BCUT2D eigenvalue weighted by Crippen LogP contribution is 2.17. The first-order valence-corrected chi connectivity index (χ1v) is 9.97. The molecule has 7 heteroatoms. The van der Waals surface area contributed by atoms with Crippen LogP contribution in [0.5, 0.6) is 0 Å². The van der Waals surface area contributed by atoms with Crippen molar-refractivity contribution < 1.29 is 14.0 Å². The first-order valence-electron chi connectivity index (χ1n) is 9.97. The second-order valence-corrected chi connectivity index (χ2v) is 6.87. The van der Waals surface area contributed by atoms with Crippen molar-refractivity contribution in [2.75, 3.05) is 36.5 Å². The highest BCUT2D eigenvalue weighted by atomic mass is 19.1. The molecule has 0 radical (unpaired) electrons. The zero-order valence-corrected chi connectivity index (χ0v) is 17.2. The maximum atomic E-state index is 13.8. The minimum Gasteiger partial charge on any atom is -0.372 e. The van der Waals surface area contributed by atoms with Crippen molar-refractivity contribution in [3.63, 3.8) is 0 Å². The zero-order chi connectivity index (χ0) is 21.8. The van der Waals surface area contributed by atoms with Gasteiger partial charge in [-0.05, 0) is 30.7 Å². The molecule has 2 aromatic carbocycles. The van der Waals surface area contributed by atoms with Gasteiger partial charge >= 0.3 is 0 Å². The number of hydrogen-bond acceptors (Lipinski definition) is 4. The highest BCUT2D eigenvalue weighted by molar-refractivity contribution is 5.95. The highest BCUT2D eigenvalue weighted by Gasteiger charge is 2.16. The van der Waals surface area contributed by atoms with Gasteiger partial charge in [0, 0.05) is 45.2 Å². The Bertz CT molecular complexity index is 867. The van der Waals surface area contributed by atoms with Crippen LogP contribution >= 0.6 is 0 Å². The number of halogens is 1. The summed E-state index contributed by atoms with van der Waals surface area (Å²) in [4.78, 5) is 28.0. The molecule has 0 unspecified atom stereocenters. The normalized spacial score (nSPS) is 10.2. The van der Waals surface area contributed by atoms with Gasteiger partial charge in [0.25, 0.3) is 0 Å². The Balaban J connectivity index is 1.73. The number of nitrogens with zero attached hydrogens (tertiary/aromatic N) is 3. The van der Waals surface area contributed by atoms with Crippen molar-refractivity contribution in [1.82, 2.24) is 5.32 Å². The predicted octanol–water partition coefficient (Wildman–Crippen LogP) is 3.50. The van der Waals surface area contributed by atoms with Crippen LogP contribution in [0.25, 0.3) is 0 Å². The van der Waals surface area contributed by atoms with Gasteiger partial charge in [-0.2, -0.15) is 5.26 Å². The average Bonchev–Trinajstić information content (AvgIpc) is 2.76. The number of amides is 2. The quantitative estimate of drug-likeness (QED) is 0.575. The van der Waals surface area contributed by atoms with Gasteiger partial charge < -0.3 is 15.1 Å². The van der Waals surface area contributed by atoms with Gasteiger partial charge in [0.2, 0.25) is 11.8 Å². The molecular formula is C23H27FN4O2. The average molecular weight is 410 g/mol. The van der Waals surface area contributed by atoms with E-state index in [1.165, 1.54) is 6.07 Å². The van der Waals surface area contributed by atoms with Gasteiger partial charge in [-0.25, -0.2) is 4.39 Å². The minimum absolute atomic E-state index is 0.0707. The molecule has 1 N–H and O–H groups in total. The van der Waals surface area contributed by atoms with Crippen molar-refractivity contribution >= 4 is 23.2 Å². The zero-order valence-electron chi connectivity index (χ0n) is 17.2. The van der Waals surface area contributed by atoms with E-state index in [9.17, 15) is 14.0 Å². The van der Waals surface area contributed by atoms with Crippen molar-refractivity contribution in [1.29, 1.82) is 5.26 Å². The summed E-state index contributed by atoms with van der Waals surface area (Å²) in [5.74, 6) is -0.669. The smallest absolute Gasteiger partial charge is 0.227 e. The number of para-hydroxylation sites is 2. The third kappa shape index (κ3) is 7.21. The molecule has 0 fully saturated rings. The molecule has 0 aliphatic rings. The van der Waals surface area contributed by atoms with Crippen LogP contribution in [0.15, 0.2) is 54.6 Å². The Labute approximate surface area is 176 Å². The Morgan fingerprint density at radius 2 is 1.73 bits per heavy atom. The molecule has 30 heavy (non-hydrogen) atoms. The number of carbonyl (C=O) groups is 2. The van der Waals surface area contributed by atoms with E-state index >= 15 is 0 Å². The van der Waals surface area contributed by atoms with Gasteiger partial charge in [-0.15, -0.1) is 0 Å². The van der Waals surface area contributed by atoms with E-state index in [0.29, 0.717) is 37.4 Å². The first-order chi connectivity index (χ1) is 14.5. The number of rotatable bonds is 11. The van der Waals surface area contributed by atoms with Crippen molar-refractivity contribution in [2.24, 2.45) is 0 Å². The first kappa shape index (κ1) is 22.9. The van der Waals surface area contributed by atoms with Gasteiger partial charge in [0.05, 0.1) is 18.2 Å². The molecule has 0 aliphatic carbocycles. The van der Waals surface area contributed by atoms with E-state index in [-0.39, 0.29) is 36.9 Å². The fourth-order valence-corrected chi connectivity index (χ4v) is 3.04. The van der Waals surface area contributed by atoms with Crippen LogP contribution in [0.4, 0.5) is 15.8 Å². The van der Waals surface area contributed by atoms with Gasteiger partial charge in [0.15, 0.2) is 0 Å². The minimum atomic E-state index is -0.276. The van der Waals surface area contributed by atoms with E-state index in [1.807, 2.05) is 24.3 Å². The molecule has 0 heterocycles. The lowest BCUT2D eigenvalue weighted by Crippen LogP contribution is -2.33. The Kier molecular flexibility index (Phi) is 9.32. The molecule has 0 aliphatic heterocycles. The van der Waals surface area contributed by atoms with Crippen LogP contribution in [0.1, 0.15) is 25.7 Å². The number of carbonyl (C=O) groups excluding carboxylic acids is 2. The van der Waals surface area contributed by atoms with Crippen LogP contribution in [0.2, 0.25) is 0 Å². The molecule has 0 saturated carbocycles. The second kappa shape index (κ2) is 12.2. The Morgan fingerprint density at radius 1 is 1.03 bits per heavy atom. The van der Waals surface area contributed by atoms with E-state index in [2.05, 4.69) is 5.32 Å². The SMILES string of the molecule is CN(CCCNC(=O)CCC(=O)N(CCC#N)c1ccccc1)c1ccccc1F. The summed E-state index contributed by atoms with van der Waals surface area (Å²) in [6.07, 6.45) is 1.03. The lowest BCUT2D eigenvalue weighted by molar-refractivity contribution is -0.125. The maximum Gasteiger partial charge on any atom is 0.227 e. The molecule has 0 spiro atoms. The Hall–Kier alpha value is -3.40. The largest absolute Gasteiger partial charge is 0.372 e. The van der Waals surface area contributed by atoms with Crippen LogP contribution < -0.4 is 15.1 Å². The summed E-state index contributed by atoms with van der Waals surface area (Å²) >= 11 is 0. The Morgan fingerprint density at radius 3 is 2.43 bits per heavy atom. The summed E-state index contributed by atoms with van der Waals surface area (Å²) in [6, 6.07) is 17.7. The van der Waals surface area contributed by atoms with E-state index in [4.69, 9.17) is 5.26 Å².